The van der Waals surface area contributed by atoms with Crippen molar-refractivity contribution in [2.75, 3.05) is 18.6 Å². The van der Waals surface area contributed by atoms with E-state index in [4.69, 9.17) is 4.74 Å². The molecule has 1 aromatic carbocycles. The van der Waals surface area contributed by atoms with Gasteiger partial charge in [-0.3, -0.25) is 4.68 Å². The smallest absolute Gasteiger partial charge is 0.171 e. The number of unbranched alkanes of at least 4 members (excludes halogenated alkanes) is 2. The van der Waals surface area contributed by atoms with Crippen molar-refractivity contribution in [3.63, 3.8) is 0 Å². The molecule has 1 saturated carbocycles. The van der Waals surface area contributed by atoms with E-state index in [-0.39, 0.29) is 0 Å². The second-order valence-electron chi connectivity index (χ2n) is 7.99. The molecule has 1 aromatic heterocycles. The number of aryl methyl sites for hydroxylation is 1. The van der Waals surface area contributed by atoms with E-state index in [1.54, 1.807) is 17.9 Å². The van der Waals surface area contributed by atoms with Crippen LogP contribution in [0.2, 0.25) is 0 Å². The van der Waals surface area contributed by atoms with Gasteiger partial charge in [0, 0.05) is 20.2 Å². The first-order valence-corrected chi connectivity index (χ1v) is 10.5. The summed E-state index contributed by atoms with van der Waals surface area (Å²) in [4.78, 5) is 1.45. The summed E-state index contributed by atoms with van der Waals surface area (Å²) in [6.45, 7) is 1.95. The van der Waals surface area contributed by atoms with Gasteiger partial charge >= 0.3 is 0 Å². The average molecular weight is 437 g/mol. The van der Waals surface area contributed by atoms with Gasteiger partial charge in [0.25, 0.3) is 0 Å². The van der Waals surface area contributed by atoms with Crippen LogP contribution in [0.4, 0.5) is 5.82 Å². The Bertz CT molecular complexity index is 775. The number of aromatic nitrogens is 3. The summed E-state index contributed by atoms with van der Waals surface area (Å²) in [7, 11) is 1.58. The molecule has 0 spiro atoms. The molecule has 0 saturated heterocycles. The predicted molar refractivity (Wildman–Crippen MR) is 112 cm³/mol. The molecule has 0 amide bonds. The van der Waals surface area contributed by atoms with Gasteiger partial charge in [-0.2, -0.15) is 0 Å². The molecule has 172 valence electrons. The van der Waals surface area contributed by atoms with Crippen LogP contribution in [-0.4, -0.2) is 90.7 Å². The van der Waals surface area contributed by atoms with E-state index in [1.807, 2.05) is 30.3 Å². The molecule has 5 N–H and O–H groups in total. The Morgan fingerprint density at radius 2 is 1.55 bits per heavy atom. The molecule has 3 rings (SSSR count). The first-order chi connectivity index (χ1) is 14.9. The van der Waals surface area contributed by atoms with Crippen LogP contribution >= 0.6 is 0 Å². The maximum Gasteiger partial charge on any atom is 0.171 e. The van der Waals surface area contributed by atoms with Crippen LogP contribution in [-0.2, 0) is 17.9 Å². The van der Waals surface area contributed by atoms with Crippen molar-refractivity contribution in [1.29, 1.82) is 0 Å². The Balaban J connectivity index is 1.41. The summed E-state index contributed by atoms with van der Waals surface area (Å²) in [5.41, 5.74) is 1.16. The fraction of sp³-hybridized carbons (Fsp3) is 0.619. The summed E-state index contributed by atoms with van der Waals surface area (Å²) < 4.78 is 7.34. The third-order valence-corrected chi connectivity index (χ3v) is 5.72. The Hall–Kier alpha value is -2.08. The third-order valence-electron chi connectivity index (χ3n) is 5.72. The fourth-order valence-electron chi connectivity index (χ4n) is 3.80. The highest BCUT2D eigenvalue weighted by molar-refractivity contribution is 5.37. The molecule has 1 fully saturated rings. The minimum atomic E-state index is -1.62. The van der Waals surface area contributed by atoms with E-state index in [0.717, 1.165) is 24.8 Å². The van der Waals surface area contributed by atoms with Gasteiger partial charge in [0.15, 0.2) is 5.82 Å². The van der Waals surface area contributed by atoms with Crippen molar-refractivity contribution in [2.24, 2.45) is 0 Å². The van der Waals surface area contributed by atoms with Crippen LogP contribution in [0, 0.1) is 0 Å². The van der Waals surface area contributed by atoms with Crippen molar-refractivity contribution >= 4 is 5.82 Å². The number of anilines is 1. The molecule has 31 heavy (non-hydrogen) atoms. The molecular weight excluding hydrogens is 404 g/mol. The highest BCUT2D eigenvalue weighted by Gasteiger charge is 2.50. The van der Waals surface area contributed by atoms with Gasteiger partial charge in [0.05, 0.1) is 18.8 Å². The van der Waals surface area contributed by atoms with Crippen LogP contribution in [0.25, 0.3) is 0 Å². The molecule has 10 heteroatoms. The van der Waals surface area contributed by atoms with Crippen molar-refractivity contribution in [1.82, 2.24) is 15.0 Å². The molecule has 0 bridgehead atoms. The maximum atomic E-state index is 10.3. The van der Waals surface area contributed by atoms with E-state index in [0.29, 0.717) is 25.6 Å². The van der Waals surface area contributed by atoms with E-state index in [9.17, 15) is 25.5 Å². The number of likely N-dealkylation sites (N-methyl/N-ethyl adjacent to an activating group) is 1. The van der Waals surface area contributed by atoms with Crippen LogP contribution in [0.1, 0.15) is 24.8 Å². The molecule has 1 aliphatic rings. The second-order valence-corrected chi connectivity index (χ2v) is 7.99. The maximum absolute atomic E-state index is 10.3. The van der Waals surface area contributed by atoms with Gasteiger partial charge in [-0.1, -0.05) is 35.5 Å². The normalized spacial score (nSPS) is 28.6. The lowest BCUT2D eigenvalue weighted by atomic mass is 9.82. The minimum absolute atomic E-state index is 0.380. The predicted octanol–water partition coefficient (Wildman–Crippen LogP) is -0.712. The highest BCUT2D eigenvalue weighted by Crippen LogP contribution is 2.27. The van der Waals surface area contributed by atoms with Crippen molar-refractivity contribution < 1.29 is 30.3 Å². The third kappa shape index (κ3) is 5.79. The van der Waals surface area contributed by atoms with E-state index < -0.39 is 36.6 Å². The molecule has 10 nitrogen and oxygen atoms in total. The molecule has 0 radical (unpaired) electrons. The number of rotatable bonds is 10. The SMILES string of the molecule is CN(c1cn(CCCCCOCc2ccccc2)nn1)C1C(O)C(O)C(O)C(O)C1O. The van der Waals surface area contributed by atoms with E-state index in [1.165, 1.54) is 4.90 Å². The Morgan fingerprint density at radius 3 is 2.23 bits per heavy atom. The van der Waals surface area contributed by atoms with Crippen LogP contribution in [0.15, 0.2) is 36.5 Å². The van der Waals surface area contributed by atoms with Gasteiger partial charge in [0.2, 0.25) is 0 Å². The average Bonchev–Trinajstić information content (AvgIpc) is 3.25. The lowest BCUT2D eigenvalue weighted by Crippen LogP contribution is -2.68. The number of benzene rings is 1. The van der Waals surface area contributed by atoms with Crippen LogP contribution in [0.3, 0.4) is 0 Å². The molecule has 0 aliphatic heterocycles. The minimum Gasteiger partial charge on any atom is -0.388 e. The lowest BCUT2D eigenvalue weighted by molar-refractivity contribution is -0.185. The number of hydrogen-bond acceptors (Lipinski definition) is 9. The lowest BCUT2D eigenvalue weighted by Gasteiger charge is -2.45. The van der Waals surface area contributed by atoms with Crippen LogP contribution < -0.4 is 4.90 Å². The Morgan fingerprint density at radius 1 is 0.903 bits per heavy atom. The summed E-state index contributed by atoms with van der Waals surface area (Å²) >= 11 is 0. The number of ether oxygens (including phenoxy) is 1. The number of hydrogen-bond donors (Lipinski definition) is 5. The largest absolute Gasteiger partial charge is 0.388 e. The molecule has 2 aromatic rings. The van der Waals surface area contributed by atoms with Gasteiger partial charge < -0.3 is 35.2 Å². The zero-order valence-electron chi connectivity index (χ0n) is 17.6. The number of aliphatic hydroxyl groups is 5. The van der Waals surface area contributed by atoms with E-state index in [2.05, 4.69) is 10.3 Å². The first-order valence-electron chi connectivity index (χ1n) is 10.5. The number of nitrogens with zero attached hydrogens (tertiary/aromatic N) is 4. The van der Waals surface area contributed by atoms with Gasteiger partial charge in [0.1, 0.15) is 30.5 Å². The fourth-order valence-corrected chi connectivity index (χ4v) is 3.80. The van der Waals surface area contributed by atoms with Crippen molar-refractivity contribution in [3.05, 3.63) is 42.1 Å². The van der Waals surface area contributed by atoms with Gasteiger partial charge in [-0.05, 0) is 24.8 Å². The summed E-state index contributed by atoms with van der Waals surface area (Å²) in [6.07, 6.45) is -3.23. The zero-order valence-corrected chi connectivity index (χ0v) is 17.6. The Kier molecular flexibility index (Phi) is 8.35. The Labute approximate surface area is 181 Å². The van der Waals surface area contributed by atoms with Gasteiger partial charge in [-0.15, -0.1) is 5.10 Å². The topological polar surface area (TPSA) is 144 Å². The molecular formula is C21H32N4O6. The molecule has 1 heterocycles. The van der Waals surface area contributed by atoms with Crippen molar-refractivity contribution in [3.8, 4) is 0 Å². The molecule has 1 aliphatic carbocycles. The van der Waals surface area contributed by atoms with Crippen LogP contribution in [0.5, 0.6) is 0 Å². The first kappa shape index (κ1) is 23.6. The monoisotopic (exact) mass is 436 g/mol. The van der Waals surface area contributed by atoms with Crippen molar-refractivity contribution in [2.45, 2.75) is 69.0 Å². The zero-order chi connectivity index (χ0) is 22.4. The summed E-state index contributed by atoms with van der Waals surface area (Å²) in [6, 6.07) is 8.99. The van der Waals surface area contributed by atoms with E-state index >= 15 is 0 Å². The molecule has 4 unspecified atom stereocenters. The standard InChI is InChI=1S/C21H32N4O6/c1-24(16-17(26)19(28)21(30)20(29)18(16)27)15-12-25(23-22-15)10-6-3-7-11-31-13-14-8-4-2-5-9-14/h2,4-5,8-9,12,16-21,26-30H,3,6-7,10-11,13H2,1H3. The quantitative estimate of drug-likeness (QED) is 0.305. The van der Waals surface area contributed by atoms with Gasteiger partial charge in [-0.25, -0.2) is 0 Å². The molecule has 4 atom stereocenters. The highest BCUT2D eigenvalue weighted by atomic mass is 16.5. The summed E-state index contributed by atoms with van der Waals surface area (Å²) in [5, 5.41) is 58.2. The summed E-state index contributed by atoms with van der Waals surface area (Å²) in [5.74, 6) is 0.380. The number of aliphatic hydroxyl groups excluding tert-OH is 5. The second kappa shape index (κ2) is 11.0.